The maximum atomic E-state index is 12.0. The van der Waals surface area contributed by atoms with E-state index in [1.54, 1.807) is 0 Å². The molecule has 15 heavy (non-hydrogen) atoms. The first-order valence-corrected chi connectivity index (χ1v) is 4.99. The number of hydrogen-bond acceptors (Lipinski definition) is 2. The van der Waals surface area contributed by atoms with Gasteiger partial charge in [0.2, 0.25) is 5.50 Å². The van der Waals surface area contributed by atoms with Gasteiger partial charge in [0.05, 0.1) is 0 Å². The van der Waals surface area contributed by atoms with Gasteiger partial charge in [-0.1, -0.05) is 11.6 Å². The summed E-state index contributed by atoms with van der Waals surface area (Å²) in [5.74, 6) is -2.18. The maximum Gasteiger partial charge on any atom is 0.497 e. The largest absolute Gasteiger partial charge is 0.497 e. The Bertz CT molecular complexity index is 259. The molecule has 0 amide bonds. The topological polar surface area (TPSA) is 26.3 Å². The van der Waals surface area contributed by atoms with Crippen LogP contribution in [0.15, 0.2) is 0 Å². The summed E-state index contributed by atoms with van der Waals surface area (Å²) in [7, 11) is 1.39. The van der Waals surface area contributed by atoms with Crippen molar-refractivity contribution in [1.82, 2.24) is 0 Å². The smallest absolute Gasteiger partial charge is 0.265 e. The second-order valence-corrected chi connectivity index (χ2v) is 4.21. The van der Waals surface area contributed by atoms with E-state index in [4.69, 9.17) is 11.6 Å². The van der Waals surface area contributed by atoms with Gasteiger partial charge in [0.25, 0.3) is 0 Å². The zero-order valence-corrected chi connectivity index (χ0v) is 8.94. The van der Waals surface area contributed by atoms with Crippen molar-refractivity contribution in [2.24, 2.45) is 0 Å². The van der Waals surface area contributed by atoms with E-state index < -0.39 is 22.3 Å². The molecule has 0 bridgehead atoms. The summed E-state index contributed by atoms with van der Waals surface area (Å²) >= 11 is 5.85. The number of carbonyl (C=O) groups excluding carboxylic acids is 1. The summed E-state index contributed by atoms with van der Waals surface area (Å²) in [5, 5.41) is 0. The third kappa shape index (κ3) is 2.98. The fraction of sp³-hybridized carbons (Fsp3) is 0.875. The molecule has 1 fully saturated rings. The Morgan fingerprint density at radius 1 is 1.47 bits per heavy atom. The van der Waals surface area contributed by atoms with Gasteiger partial charge < -0.3 is 0 Å². The third-order valence-electron chi connectivity index (χ3n) is 2.41. The Balaban J connectivity index is 2.66. The number of nitrogens with zero attached hydrogens (tertiary/aromatic N) is 1. The highest BCUT2D eigenvalue weighted by atomic mass is 35.5. The molecule has 2 unspecified atom stereocenters. The number of hydrogen-bond donors (Lipinski definition) is 0. The second-order valence-electron chi connectivity index (χ2n) is 3.70. The van der Waals surface area contributed by atoms with Crippen molar-refractivity contribution >= 4 is 17.6 Å². The van der Waals surface area contributed by atoms with Crippen molar-refractivity contribution in [3.8, 4) is 0 Å². The molecule has 1 aliphatic rings. The van der Waals surface area contributed by atoms with Crippen LogP contribution in [0.2, 0.25) is 0 Å². The zero-order valence-electron chi connectivity index (χ0n) is 8.18. The number of hydroxylamine groups is 3. The molecule has 88 valence electrons. The average molecular weight is 247 g/mol. The van der Waals surface area contributed by atoms with Crippen molar-refractivity contribution in [2.45, 2.75) is 30.9 Å². The van der Waals surface area contributed by atoms with Crippen molar-refractivity contribution < 1.29 is 27.4 Å². The molecule has 0 aliphatic carbocycles. The van der Waals surface area contributed by atoms with E-state index in [1.807, 2.05) is 0 Å². The lowest BCUT2D eigenvalue weighted by atomic mass is 10.1. The Kier molecular flexibility index (Phi) is 3.50. The highest BCUT2D eigenvalue weighted by Gasteiger charge is 2.49. The molecule has 2 atom stereocenters. The molecule has 0 aromatic heterocycles. The lowest BCUT2D eigenvalue weighted by Crippen LogP contribution is -2.55. The average Bonchev–Trinajstić information content (AvgIpc) is 2.09. The molecule has 7 heteroatoms. The molecule has 1 rings (SSSR count). The van der Waals surface area contributed by atoms with Crippen LogP contribution in [0.1, 0.15) is 19.3 Å². The van der Waals surface area contributed by atoms with Crippen molar-refractivity contribution in [1.29, 1.82) is 0 Å². The number of likely N-dealkylation sites (tertiary alicyclic amines) is 1. The van der Waals surface area contributed by atoms with Crippen molar-refractivity contribution in [3.05, 3.63) is 0 Å². The number of piperidine rings is 1. The highest BCUT2D eigenvalue weighted by Crippen LogP contribution is 2.29. The van der Waals surface area contributed by atoms with Gasteiger partial charge in [0.1, 0.15) is 13.6 Å². The number of halogens is 4. The van der Waals surface area contributed by atoms with Crippen LogP contribution >= 0.6 is 11.6 Å². The monoisotopic (exact) mass is 246 g/mol. The fourth-order valence-electron chi connectivity index (χ4n) is 1.50. The van der Waals surface area contributed by atoms with Crippen LogP contribution in [-0.4, -0.2) is 35.9 Å². The van der Waals surface area contributed by atoms with E-state index in [0.29, 0.717) is 19.4 Å². The lowest BCUT2D eigenvalue weighted by Gasteiger charge is -2.37. The predicted octanol–water partition coefficient (Wildman–Crippen LogP) is 2.20. The molecule has 0 aromatic carbocycles. The quantitative estimate of drug-likeness (QED) is 0.403. The van der Waals surface area contributed by atoms with E-state index in [9.17, 15) is 18.0 Å². The van der Waals surface area contributed by atoms with Gasteiger partial charge in [-0.3, -0.25) is 4.84 Å². The molecular weight excluding hydrogens is 235 g/mol. The number of carbonyl (C=O) groups is 1. The summed E-state index contributed by atoms with van der Waals surface area (Å²) in [6.45, 7) is 0.315. The minimum atomic E-state index is -4.96. The lowest BCUT2D eigenvalue weighted by molar-refractivity contribution is -1.09. The van der Waals surface area contributed by atoms with Crippen LogP contribution in [0.25, 0.3) is 0 Å². The number of alkyl halides is 4. The van der Waals surface area contributed by atoms with Crippen LogP contribution in [0.5, 0.6) is 0 Å². The summed E-state index contributed by atoms with van der Waals surface area (Å²) in [4.78, 5) is 15.1. The van der Waals surface area contributed by atoms with Crippen molar-refractivity contribution in [2.75, 3.05) is 13.6 Å². The maximum absolute atomic E-state index is 12.0. The Hall–Kier alpha value is -0.490. The van der Waals surface area contributed by atoms with Crippen LogP contribution < -0.4 is 0 Å². The van der Waals surface area contributed by atoms with Gasteiger partial charge in [0.15, 0.2) is 0 Å². The first-order chi connectivity index (χ1) is 6.76. The van der Waals surface area contributed by atoms with Gasteiger partial charge in [0, 0.05) is 12.8 Å². The fourth-order valence-corrected chi connectivity index (χ4v) is 1.79. The first kappa shape index (κ1) is 12.6. The third-order valence-corrected chi connectivity index (χ3v) is 3.04. The summed E-state index contributed by atoms with van der Waals surface area (Å²) in [5.41, 5.74) is -0.606. The molecule has 0 N–H and O–H groups in total. The summed E-state index contributed by atoms with van der Waals surface area (Å²) in [6, 6.07) is 0. The molecule has 1 heterocycles. The Morgan fingerprint density at radius 3 is 2.53 bits per heavy atom. The van der Waals surface area contributed by atoms with E-state index >= 15 is 0 Å². The van der Waals surface area contributed by atoms with Crippen molar-refractivity contribution in [3.63, 3.8) is 0 Å². The molecule has 3 nitrogen and oxygen atoms in total. The van der Waals surface area contributed by atoms with Crippen LogP contribution in [0, 0.1) is 0 Å². The zero-order chi connectivity index (χ0) is 11.7. The summed E-state index contributed by atoms with van der Waals surface area (Å²) in [6.07, 6.45) is -2.88. The minimum Gasteiger partial charge on any atom is -0.265 e. The van der Waals surface area contributed by atoms with Gasteiger partial charge in [-0.05, 0) is 6.42 Å². The standard InChI is InChI=1S/C8H12ClF3NO2/c1-13(5-3-2-4-6(13)9)15-7(14)8(10,11)12/h6H,2-5H2,1H3/q+1. The van der Waals surface area contributed by atoms with Crippen LogP contribution in [0.3, 0.4) is 0 Å². The van der Waals surface area contributed by atoms with E-state index in [1.165, 1.54) is 7.05 Å². The van der Waals surface area contributed by atoms with E-state index in [2.05, 4.69) is 4.84 Å². The molecule has 1 aliphatic heterocycles. The Morgan fingerprint density at radius 2 is 2.07 bits per heavy atom. The number of rotatable bonds is 1. The second kappa shape index (κ2) is 4.17. The normalized spacial score (nSPS) is 32.5. The molecule has 1 saturated heterocycles. The van der Waals surface area contributed by atoms with Gasteiger partial charge in [-0.2, -0.15) is 13.2 Å². The van der Waals surface area contributed by atoms with Gasteiger partial charge >= 0.3 is 12.1 Å². The molecule has 0 aromatic rings. The molecule has 0 spiro atoms. The van der Waals surface area contributed by atoms with Crippen LogP contribution in [0.4, 0.5) is 13.2 Å². The minimum absolute atomic E-state index is 0.315. The van der Waals surface area contributed by atoms with Crippen LogP contribution in [-0.2, 0) is 9.63 Å². The molecule has 0 radical (unpaired) electrons. The predicted molar refractivity (Wildman–Crippen MR) is 46.7 cm³/mol. The molecular formula is C8H12ClF3NO2+. The highest BCUT2D eigenvalue weighted by molar-refractivity contribution is 6.19. The molecule has 0 saturated carbocycles. The first-order valence-electron chi connectivity index (χ1n) is 4.56. The van der Waals surface area contributed by atoms with Gasteiger partial charge in [-0.15, -0.1) is 4.65 Å². The SMILES string of the molecule is C[N+]1(OC(=O)C(F)(F)F)CCCCC1Cl. The summed E-state index contributed by atoms with van der Waals surface area (Å²) < 4.78 is 35.4. The van der Waals surface area contributed by atoms with E-state index in [-0.39, 0.29) is 0 Å². The number of quaternary nitrogens is 1. The van der Waals surface area contributed by atoms with E-state index in [0.717, 1.165) is 6.42 Å². The van der Waals surface area contributed by atoms with Gasteiger partial charge in [-0.25, -0.2) is 4.79 Å². The Labute approximate surface area is 90.3 Å².